The van der Waals surface area contributed by atoms with Crippen LogP contribution in [-0.2, 0) is 11.3 Å². The van der Waals surface area contributed by atoms with Crippen LogP contribution in [-0.4, -0.2) is 32.8 Å². The van der Waals surface area contributed by atoms with E-state index in [-0.39, 0.29) is 11.4 Å². The van der Waals surface area contributed by atoms with Crippen LogP contribution in [0.3, 0.4) is 0 Å². The highest BCUT2D eigenvalue weighted by atomic mass is 16.5. The van der Waals surface area contributed by atoms with E-state index in [4.69, 9.17) is 4.74 Å². The highest BCUT2D eigenvalue weighted by molar-refractivity contribution is 5.80. The number of aromatic nitrogens is 3. The van der Waals surface area contributed by atoms with E-state index in [0.29, 0.717) is 12.1 Å². The summed E-state index contributed by atoms with van der Waals surface area (Å²) in [7, 11) is 1.66. The van der Waals surface area contributed by atoms with Crippen LogP contribution >= 0.6 is 0 Å². The Balaban J connectivity index is 2.43. The molecular weight excluding hydrogens is 206 g/mol. The number of rotatable bonds is 3. The summed E-state index contributed by atoms with van der Waals surface area (Å²) in [6.07, 6.45) is 0. The van der Waals surface area contributed by atoms with Gasteiger partial charge in [-0.15, -0.1) is 5.10 Å². The molecule has 0 fully saturated rings. The van der Waals surface area contributed by atoms with Gasteiger partial charge in [0.05, 0.1) is 17.7 Å². The monoisotopic (exact) mass is 221 g/mol. The van der Waals surface area contributed by atoms with Crippen molar-refractivity contribution in [2.75, 3.05) is 7.11 Å². The Morgan fingerprint density at radius 2 is 2.19 bits per heavy atom. The number of fused-ring (bicyclic) bond motifs is 1. The molecule has 1 aromatic heterocycles. The molecule has 5 nitrogen and oxygen atoms in total. The Kier molecular flexibility index (Phi) is 2.55. The fraction of sp³-hybridized carbons (Fsp3) is 0.455. The van der Waals surface area contributed by atoms with Crippen LogP contribution in [0.5, 0.6) is 5.75 Å². The first kappa shape index (κ1) is 10.9. The maximum atomic E-state index is 9.59. The molecule has 1 N–H and O–H groups in total. The summed E-state index contributed by atoms with van der Waals surface area (Å²) in [4.78, 5) is 0. The van der Waals surface area contributed by atoms with Crippen LogP contribution in [0, 0.1) is 0 Å². The molecule has 0 aliphatic heterocycles. The first-order chi connectivity index (χ1) is 7.53. The standard InChI is InChI=1S/C11H15N3O2/c1-11(2,16-3)7-14-8-5-4-6-9(15)10(8)12-13-14/h4-6,15H,7H2,1-3H3. The third kappa shape index (κ3) is 1.86. The summed E-state index contributed by atoms with van der Waals surface area (Å²) in [5.41, 5.74) is 1.02. The molecular formula is C11H15N3O2. The molecule has 0 saturated carbocycles. The van der Waals surface area contributed by atoms with E-state index in [0.717, 1.165) is 5.52 Å². The van der Waals surface area contributed by atoms with Gasteiger partial charge in [0.15, 0.2) is 5.52 Å². The molecule has 86 valence electrons. The van der Waals surface area contributed by atoms with Crippen molar-refractivity contribution in [3.63, 3.8) is 0 Å². The number of hydrogen-bond acceptors (Lipinski definition) is 4. The largest absolute Gasteiger partial charge is 0.506 e. The Morgan fingerprint density at radius 3 is 2.88 bits per heavy atom. The van der Waals surface area contributed by atoms with Crippen molar-refractivity contribution in [3.05, 3.63) is 18.2 Å². The molecule has 16 heavy (non-hydrogen) atoms. The number of phenols is 1. The van der Waals surface area contributed by atoms with Crippen LogP contribution in [0.15, 0.2) is 18.2 Å². The number of nitrogens with zero attached hydrogens (tertiary/aromatic N) is 3. The average molecular weight is 221 g/mol. The predicted molar refractivity (Wildman–Crippen MR) is 60.3 cm³/mol. The van der Waals surface area contributed by atoms with Crippen molar-refractivity contribution < 1.29 is 9.84 Å². The predicted octanol–water partition coefficient (Wildman–Crippen LogP) is 1.56. The van der Waals surface area contributed by atoms with Gasteiger partial charge in [0.25, 0.3) is 0 Å². The first-order valence-electron chi connectivity index (χ1n) is 5.10. The van der Waals surface area contributed by atoms with Crippen molar-refractivity contribution in [2.45, 2.75) is 26.0 Å². The van der Waals surface area contributed by atoms with Gasteiger partial charge in [-0.3, -0.25) is 0 Å². The highest BCUT2D eigenvalue weighted by Crippen LogP contribution is 2.22. The van der Waals surface area contributed by atoms with Crippen LogP contribution in [0.25, 0.3) is 11.0 Å². The lowest BCUT2D eigenvalue weighted by molar-refractivity contribution is 0.00601. The lowest BCUT2D eigenvalue weighted by Crippen LogP contribution is -2.29. The zero-order valence-electron chi connectivity index (χ0n) is 9.64. The van der Waals surface area contributed by atoms with E-state index in [1.54, 1.807) is 23.9 Å². The van der Waals surface area contributed by atoms with Crippen LogP contribution < -0.4 is 0 Å². The molecule has 0 saturated heterocycles. The topological polar surface area (TPSA) is 60.2 Å². The second-order valence-corrected chi connectivity index (χ2v) is 4.36. The summed E-state index contributed by atoms with van der Waals surface area (Å²) in [6.45, 7) is 4.54. The molecule has 0 aliphatic carbocycles. The summed E-state index contributed by atoms with van der Waals surface area (Å²) in [6, 6.07) is 5.25. The molecule has 1 heterocycles. The SMILES string of the molecule is COC(C)(C)Cn1nnc2c(O)cccc21. The zero-order valence-corrected chi connectivity index (χ0v) is 9.64. The fourth-order valence-electron chi connectivity index (χ4n) is 1.52. The van der Waals surface area contributed by atoms with E-state index < -0.39 is 0 Å². The number of phenolic OH excluding ortho intramolecular Hbond substituents is 1. The number of hydrogen-bond donors (Lipinski definition) is 1. The molecule has 0 aliphatic rings. The van der Waals surface area contributed by atoms with E-state index >= 15 is 0 Å². The van der Waals surface area contributed by atoms with Gasteiger partial charge in [0, 0.05) is 7.11 Å². The normalized spacial score (nSPS) is 12.2. The van der Waals surface area contributed by atoms with E-state index in [9.17, 15) is 5.11 Å². The lowest BCUT2D eigenvalue weighted by atomic mass is 10.1. The van der Waals surface area contributed by atoms with E-state index in [1.165, 1.54) is 0 Å². The van der Waals surface area contributed by atoms with Crippen molar-refractivity contribution >= 4 is 11.0 Å². The second kappa shape index (κ2) is 3.75. The average Bonchev–Trinajstić information content (AvgIpc) is 2.63. The smallest absolute Gasteiger partial charge is 0.154 e. The first-order valence-corrected chi connectivity index (χ1v) is 5.10. The van der Waals surface area contributed by atoms with Gasteiger partial charge < -0.3 is 9.84 Å². The van der Waals surface area contributed by atoms with Gasteiger partial charge in [-0.2, -0.15) is 0 Å². The van der Waals surface area contributed by atoms with Gasteiger partial charge in [-0.1, -0.05) is 11.3 Å². The molecule has 0 atom stereocenters. The van der Waals surface area contributed by atoms with Gasteiger partial charge in [0.2, 0.25) is 0 Å². The van der Waals surface area contributed by atoms with Gasteiger partial charge in [-0.25, -0.2) is 4.68 Å². The number of aromatic hydroxyl groups is 1. The third-order valence-corrected chi connectivity index (χ3v) is 2.61. The quantitative estimate of drug-likeness (QED) is 0.854. The van der Waals surface area contributed by atoms with E-state index in [1.807, 2.05) is 19.9 Å². The summed E-state index contributed by atoms with van der Waals surface area (Å²) < 4.78 is 7.07. The molecule has 0 bridgehead atoms. The van der Waals surface area contributed by atoms with Gasteiger partial charge in [0.1, 0.15) is 5.75 Å². The third-order valence-electron chi connectivity index (χ3n) is 2.61. The minimum atomic E-state index is -0.313. The number of benzene rings is 1. The van der Waals surface area contributed by atoms with Gasteiger partial charge >= 0.3 is 0 Å². The van der Waals surface area contributed by atoms with Crippen LogP contribution in [0.2, 0.25) is 0 Å². The maximum Gasteiger partial charge on any atom is 0.154 e. The fourth-order valence-corrected chi connectivity index (χ4v) is 1.52. The Hall–Kier alpha value is -1.62. The molecule has 2 aromatic rings. The van der Waals surface area contributed by atoms with Crippen LogP contribution in [0.1, 0.15) is 13.8 Å². The molecule has 0 unspecified atom stereocenters. The molecule has 2 rings (SSSR count). The summed E-state index contributed by atoms with van der Waals surface area (Å²) >= 11 is 0. The highest BCUT2D eigenvalue weighted by Gasteiger charge is 2.19. The molecule has 0 amide bonds. The Bertz CT molecular complexity index is 505. The Labute approximate surface area is 93.6 Å². The summed E-state index contributed by atoms with van der Waals surface area (Å²) in [5, 5.41) is 17.6. The van der Waals surface area contributed by atoms with Crippen molar-refractivity contribution in [2.24, 2.45) is 0 Å². The van der Waals surface area contributed by atoms with Crippen molar-refractivity contribution in [1.29, 1.82) is 0 Å². The second-order valence-electron chi connectivity index (χ2n) is 4.36. The molecule has 0 radical (unpaired) electrons. The Morgan fingerprint density at radius 1 is 1.44 bits per heavy atom. The molecule has 5 heteroatoms. The van der Waals surface area contributed by atoms with Gasteiger partial charge in [-0.05, 0) is 26.0 Å². The number of methoxy groups -OCH3 is 1. The van der Waals surface area contributed by atoms with Crippen molar-refractivity contribution in [1.82, 2.24) is 15.0 Å². The molecule has 0 spiro atoms. The van der Waals surface area contributed by atoms with Crippen LogP contribution in [0.4, 0.5) is 0 Å². The van der Waals surface area contributed by atoms with Crippen molar-refractivity contribution in [3.8, 4) is 5.75 Å². The number of ether oxygens (including phenoxy) is 1. The maximum absolute atomic E-state index is 9.59. The van der Waals surface area contributed by atoms with E-state index in [2.05, 4.69) is 10.3 Å². The summed E-state index contributed by atoms with van der Waals surface area (Å²) in [5.74, 6) is 0.152. The molecule has 1 aromatic carbocycles. The minimum Gasteiger partial charge on any atom is -0.506 e. The zero-order chi connectivity index (χ0) is 11.8. The lowest BCUT2D eigenvalue weighted by Gasteiger charge is -2.22. The minimum absolute atomic E-state index is 0.152.